The summed E-state index contributed by atoms with van der Waals surface area (Å²) in [4.78, 5) is 12.0. The van der Waals surface area contributed by atoms with Crippen LogP contribution in [0.5, 0.6) is 5.75 Å². The highest BCUT2D eigenvalue weighted by Gasteiger charge is 2.15. The van der Waals surface area contributed by atoms with Crippen molar-refractivity contribution >= 4 is 11.6 Å². The molecule has 0 bridgehead atoms. The smallest absolute Gasteiger partial charge is 0.265 e. The molecule has 1 atom stereocenters. The van der Waals surface area contributed by atoms with Gasteiger partial charge in [-0.25, -0.2) is 4.39 Å². The van der Waals surface area contributed by atoms with E-state index in [2.05, 4.69) is 5.32 Å². The summed E-state index contributed by atoms with van der Waals surface area (Å²) in [6.07, 6.45) is -0.752. The van der Waals surface area contributed by atoms with Crippen LogP contribution in [0.15, 0.2) is 48.5 Å². The molecule has 110 valence electrons. The number of nitrogens with one attached hydrogen (secondary N) is 1. The highest BCUT2D eigenvalue weighted by Crippen LogP contribution is 2.18. The van der Waals surface area contributed by atoms with Crippen molar-refractivity contribution in [3.8, 4) is 5.75 Å². The predicted octanol–water partition coefficient (Wildman–Crippen LogP) is 2.69. The number of hydrogen-bond donors (Lipinski definition) is 2. The zero-order chi connectivity index (χ0) is 15.2. The van der Waals surface area contributed by atoms with Gasteiger partial charge < -0.3 is 15.8 Å². The molecular weight excluding hydrogens is 271 g/mol. The van der Waals surface area contributed by atoms with Crippen LogP contribution in [0.2, 0.25) is 0 Å². The molecule has 0 radical (unpaired) electrons. The van der Waals surface area contributed by atoms with Crippen LogP contribution < -0.4 is 15.8 Å². The van der Waals surface area contributed by atoms with Gasteiger partial charge in [0.15, 0.2) is 6.10 Å². The third-order valence-electron chi connectivity index (χ3n) is 2.89. The van der Waals surface area contributed by atoms with E-state index in [0.29, 0.717) is 11.3 Å². The molecule has 0 spiro atoms. The van der Waals surface area contributed by atoms with E-state index in [9.17, 15) is 9.18 Å². The molecule has 0 aromatic heterocycles. The van der Waals surface area contributed by atoms with Gasteiger partial charge in [0, 0.05) is 18.3 Å². The quantitative estimate of drug-likeness (QED) is 0.889. The lowest BCUT2D eigenvalue weighted by molar-refractivity contribution is -0.122. The lowest BCUT2D eigenvalue weighted by atomic mass is 10.2. The fourth-order valence-corrected chi connectivity index (χ4v) is 1.83. The first-order valence-electron chi connectivity index (χ1n) is 6.60. The van der Waals surface area contributed by atoms with Crippen LogP contribution in [-0.4, -0.2) is 12.0 Å². The number of hydrogen-bond acceptors (Lipinski definition) is 3. The Morgan fingerprint density at radius 2 is 2.00 bits per heavy atom. The number of carbonyl (C=O) groups excluding carboxylic acids is 1. The maximum atomic E-state index is 13.4. The number of anilines is 1. The first kappa shape index (κ1) is 15.0. The molecule has 3 N–H and O–H groups in total. The normalized spacial score (nSPS) is 11.8. The number of amides is 1. The number of benzene rings is 2. The van der Waals surface area contributed by atoms with E-state index in [-0.39, 0.29) is 18.2 Å². The molecule has 2 aromatic rings. The molecule has 0 aliphatic carbocycles. The van der Waals surface area contributed by atoms with Gasteiger partial charge in [-0.2, -0.15) is 0 Å². The average Bonchev–Trinajstić information content (AvgIpc) is 2.47. The van der Waals surface area contributed by atoms with Crippen LogP contribution in [-0.2, 0) is 11.3 Å². The largest absolute Gasteiger partial charge is 0.481 e. The molecule has 0 aliphatic rings. The highest BCUT2D eigenvalue weighted by molar-refractivity contribution is 5.94. The summed E-state index contributed by atoms with van der Waals surface area (Å²) in [5.41, 5.74) is 6.77. The van der Waals surface area contributed by atoms with Crippen LogP contribution in [0.4, 0.5) is 10.1 Å². The van der Waals surface area contributed by atoms with E-state index in [1.54, 1.807) is 25.1 Å². The minimum Gasteiger partial charge on any atom is -0.481 e. The number of rotatable bonds is 5. The Balaban J connectivity index is 2.02. The SMILES string of the molecule is CC(Oc1cc(F)cc(CN)c1)C(=O)Nc1ccccc1. The third kappa shape index (κ3) is 4.29. The predicted molar refractivity (Wildman–Crippen MR) is 79.5 cm³/mol. The Bertz CT molecular complexity index is 617. The summed E-state index contributed by atoms with van der Waals surface area (Å²) < 4.78 is 18.8. The first-order chi connectivity index (χ1) is 10.1. The van der Waals surface area contributed by atoms with Crippen molar-refractivity contribution in [3.63, 3.8) is 0 Å². The van der Waals surface area contributed by atoms with Crippen molar-refractivity contribution in [1.29, 1.82) is 0 Å². The maximum absolute atomic E-state index is 13.4. The van der Waals surface area contributed by atoms with Crippen LogP contribution in [0, 0.1) is 5.82 Å². The lowest BCUT2D eigenvalue weighted by Crippen LogP contribution is -2.30. The molecule has 0 saturated heterocycles. The van der Waals surface area contributed by atoms with Gasteiger partial charge in [-0.1, -0.05) is 18.2 Å². The lowest BCUT2D eigenvalue weighted by Gasteiger charge is -2.15. The first-order valence-corrected chi connectivity index (χ1v) is 6.60. The van der Waals surface area contributed by atoms with Gasteiger partial charge in [-0.3, -0.25) is 4.79 Å². The van der Waals surface area contributed by atoms with Crippen molar-refractivity contribution in [3.05, 3.63) is 59.9 Å². The topological polar surface area (TPSA) is 64.3 Å². The molecule has 5 heteroatoms. The molecule has 0 fully saturated rings. The Kier molecular flexibility index (Phi) is 4.90. The zero-order valence-electron chi connectivity index (χ0n) is 11.7. The maximum Gasteiger partial charge on any atom is 0.265 e. The zero-order valence-corrected chi connectivity index (χ0v) is 11.7. The number of ether oxygens (including phenoxy) is 1. The van der Waals surface area contributed by atoms with E-state index in [1.807, 2.05) is 18.2 Å². The summed E-state index contributed by atoms with van der Waals surface area (Å²) in [6, 6.07) is 13.2. The van der Waals surface area contributed by atoms with Crippen molar-refractivity contribution < 1.29 is 13.9 Å². The second kappa shape index (κ2) is 6.85. The number of nitrogens with two attached hydrogens (primary N) is 1. The Morgan fingerprint density at radius 3 is 2.67 bits per heavy atom. The second-order valence-electron chi connectivity index (χ2n) is 4.61. The number of para-hydroxylation sites is 1. The van der Waals surface area contributed by atoms with E-state index >= 15 is 0 Å². The van der Waals surface area contributed by atoms with Crippen molar-refractivity contribution in [1.82, 2.24) is 0 Å². The van der Waals surface area contributed by atoms with Gasteiger partial charge >= 0.3 is 0 Å². The van der Waals surface area contributed by atoms with Gasteiger partial charge in [-0.05, 0) is 36.8 Å². The molecule has 4 nitrogen and oxygen atoms in total. The Morgan fingerprint density at radius 1 is 1.29 bits per heavy atom. The fourth-order valence-electron chi connectivity index (χ4n) is 1.83. The van der Waals surface area contributed by atoms with Gasteiger partial charge in [-0.15, -0.1) is 0 Å². The summed E-state index contributed by atoms with van der Waals surface area (Å²) in [7, 11) is 0. The molecule has 21 heavy (non-hydrogen) atoms. The molecule has 2 rings (SSSR count). The van der Waals surface area contributed by atoms with E-state index < -0.39 is 11.9 Å². The summed E-state index contributed by atoms with van der Waals surface area (Å²) in [5.74, 6) is -0.463. The van der Waals surface area contributed by atoms with Crippen molar-refractivity contribution in [2.45, 2.75) is 19.6 Å². The number of halogens is 1. The third-order valence-corrected chi connectivity index (χ3v) is 2.89. The van der Waals surface area contributed by atoms with Gasteiger partial charge in [0.05, 0.1) is 0 Å². The second-order valence-corrected chi connectivity index (χ2v) is 4.61. The van der Waals surface area contributed by atoms with E-state index in [0.717, 1.165) is 0 Å². The average molecular weight is 288 g/mol. The summed E-state index contributed by atoms with van der Waals surface area (Å²) in [5, 5.41) is 2.72. The van der Waals surface area contributed by atoms with E-state index in [4.69, 9.17) is 10.5 Å². The minimum atomic E-state index is -0.752. The van der Waals surface area contributed by atoms with Gasteiger partial charge in [0.2, 0.25) is 0 Å². The van der Waals surface area contributed by atoms with Crippen molar-refractivity contribution in [2.75, 3.05) is 5.32 Å². The molecule has 0 aliphatic heterocycles. The fraction of sp³-hybridized carbons (Fsp3) is 0.188. The van der Waals surface area contributed by atoms with Gasteiger partial charge in [0.1, 0.15) is 11.6 Å². The van der Waals surface area contributed by atoms with E-state index in [1.165, 1.54) is 12.1 Å². The Hall–Kier alpha value is -2.40. The minimum absolute atomic E-state index is 0.207. The molecule has 1 amide bonds. The standard InChI is InChI=1S/C16H17FN2O2/c1-11(16(20)19-14-5-3-2-4-6-14)21-15-8-12(10-18)7-13(17)9-15/h2-9,11H,10,18H2,1H3,(H,19,20). The van der Waals surface area contributed by atoms with Crippen LogP contribution >= 0.6 is 0 Å². The van der Waals surface area contributed by atoms with Crippen LogP contribution in [0.3, 0.4) is 0 Å². The molecular formula is C16H17FN2O2. The number of carbonyl (C=O) groups is 1. The molecule has 1 unspecified atom stereocenters. The summed E-state index contributed by atoms with van der Waals surface area (Å²) in [6.45, 7) is 1.81. The monoisotopic (exact) mass is 288 g/mol. The highest BCUT2D eigenvalue weighted by atomic mass is 19.1. The molecule has 0 saturated carbocycles. The molecule has 0 heterocycles. The Labute approximate surface area is 122 Å². The van der Waals surface area contributed by atoms with Crippen LogP contribution in [0.25, 0.3) is 0 Å². The van der Waals surface area contributed by atoms with Gasteiger partial charge in [0.25, 0.3) is 5.91 Å². The summed E-state index contributed by atoms with van der Waals surface area (Å²) >= 11 is 0. The van der Waals surface area contributed by atoms with Crippen LogP contribution in [0.1, 0.15) is 12.5 Å². The van der Waals surface area contributed by atoms with Crippen molar-refractivity contribution in [2.24, 2.45) is 5.73 Å². The molecule has 2 aromatic carbocycles.